The van der Waals surface area contributed by atoms with E-state index in [0.717, 1.165) is 22.3 Å². The molecule has 0 aliphatic carbocycles. The highest BCUT2D eigenvalue weighted by Crippen LogP contribution is 2.29. The molecule has 0 radical (unpaired) electrons. The number of anilines is 1. The first-order chi connectivity index (χ1) is 14.4. The predicted molar refractivity (Wildman–Crippen MR) is 108 cm³/mol. The third-order valence-electron chi connectivity index (χ3n) is 4.80. The molecule has 0 unspecified atom stereocenters. The van der Waals surface area contributed by atoms with Crippen LogP contribution in [0.2, 0.25) is 0 Å². The normalized spacial score (nSPS) is 11.2. The van der Waals surface area contributed by atoms with Crippen molar-refractivity contribution < 1.29 is 13.6 Å². The van der Waals surface area contributed by atoms with Crippen molar-refractivity contribution in [1.82, 2.24) is 19.7 Å². The Morgan fingerprint density at radius 1 is 1.23 bits per heavy atom. The molecule has 0 aliphatic rings. The number of nitrogens with zero attached hydrogens (tertiary/aromatic N) is 3. The van der Waals surface area contributed by atoms with Gasteiger partial charge in [-0.15, -0.1) is 0 Å². The number of carbonyl (C=O) groups is 1. The van der Waals surface area contributed by atoms with Crippen LogP contribution in [-0.4, -0.2) is 25.5 Å². The largest absolute Gasteiger partial charge is 0.382 e. The average molecular weight is 409 g/mol. The van der Waals surface area contributed by atoms with Crippen LogP contribution in [-0.2, 0) is 11.2 Å². The van der Waals surface area contributed by atoms with Crippen LogP contribution in [0, 0.1) is 11.6 Å². The van der Waals surface area contributed by atoms with Gasteiger partial charge in [0.05, 0.1) is 11.2 Å². The van der Waals surface area contributed by atoms with Crippen molar-refractivity contribution in [2.75, 3.05) is 5.73 Å². The molecule has 152 valence electrons. The molecule has 1 aromatic carbocycles. The number of para-hydroxylation sites is 1. The number of nitrogens with one attached hydrogen (secondary N) is 1. The van der Waals surface area contributed by atoms with Crippen molar-refractivity contribution in [1.29, 1.82) is 0 Å². The number of halogens is 2. The molecule has 7 nitrogen and oxygen atoms in total. The van der Waals surface area contributed by atoms with E-state index in [4.69, 9.17) is 5.73 Å². The summed E-state index contributed by atoms with van der Waals surface area (Å²) in [6, 6.07) is 6.87. The van der Waals surface area contributed by atoms with Gasteiger partial charge in [-0.2, -0.15) is 5.10 Å². The van der Waals surface area contributed by atoms with E-state index in [1.165, 1.54) is 19.2 Å². The minimum absolute atomic E-state index is 0.00564. The summed E-state index contributed by atoms with van der Waals surface area (Å²) < 4.78 is 29.7. The van der Waals surface area contributed by atoms with Gasteiger partial charge < -0.3 is 10.5 Å². The number of pyridine rings is 2. The highest BCUT2D eigenvalue weighted by molar-refractivity contribution is 5.97. The quantitative estimate of drug-likeness (QED) is 0.527. The second-order valence-electron chi connectivity index (χ2n) is 6.90. The third kappa shape index (κ3) is 3.34. The van der Waals surface area contributed by atoms with E-state index in [9.17, 15) is 18.4 Å². The highest BCUT2D eigenvalue weighted by Gasteiger charge is 2.20. The number of ketones is 1. The summed E-state index contributed by atoms with van der Waals surface area (Å²) in [5.41, 5.74) is 6.62. The van der Waals surface area contributed by atoms with E-state index in [1.54, 1.807) is 18.3 Å². The Kier molecular flexibility index (Phi) is 4.86. The smallest absolute Gasteiger partial charge is 0.268 e. The van der Waals surface area contributed by atoms with Crippen molar-refractivity contribution >= 4 is 22.5 Å². The number of H-pyrrole nitrogens is 1. The Morgan fingerprint density at radius 2 is 1.97 bits per heavy atom. The van der Waals surface area contributed by atoms with Gasteiger partial charge in [0.1, 0.15) is 28.5 Å². The van der Waals surface area contributed by atoms with Gasteiger partial charge in [0.2, 0.25) is 0 Å². The number of benzene rings is 1. The van der Waals surface area contributed by atoms with Crippen LogP contribution in [0.4, 0.5) is 14.6 Å². The Balaban J connectivity index is 1.98. The zero-order chi connectivity index (χ0) is 21.4. The Morgan fingerprint density at radius 3 is 2.67 bits per heavy atom. The number of fused-ring (bicyclic) bond motifs is 1. The Bertz CT molecular complexity index is 1320. The van der Waals surface area contributed by atoms with Gasteiger partial charge in [-0.05, 0) is 43.2 Å². The molecule has 4 aromatic rings. The second-order valence-corrected chi connectivity index (χ2v) is 6.90. The lowest BCUT2D eigenvalue weighted by molar-refractivity contribution is -0.116. The molecule has 3 heterocycles. The molecule has 30 heavy (non-hydrogen) atoms. The SMILES string of the molecule is CC(=O)CCc1ccnc(-c2cn(-c3c(F)cccc3F)c(=O)c3c(N)n[nH]c23)c1. The molecule has 0 saturated heterocycles. The topological polar surface area (TPSA) is 107 Å². The first kappa shape index (κ1) is 19.4. The van der Waals surface area contributed by atoms with E-state index in [0.29, 0.717) is 29.6 Å². The third-order valence-corrected chi connectivity index (χ3v) is 4.80. The lowest BCUT2D eigenvalue weighted by Crippen LogP contribution is -2.21. The number of nitrogens with two attached hydrogens (primary N) is 1. The zero-order valence-corrected chi connectivity index (χ0v) is 15.9. The number of aromatic nitrogens is 4. The molecular formula is C21H17F2N5O2. The second kappa shape index (κ2) is 7.51. The van der Waals surface area contributed by atoms with E-state index < -0.39 is 22.9 Å². The maximum Gasteiger partial charge on any atom is 0.268 e. The van der Waals surface area contributed by atoms with Crippen LogP contribution in [0.3, 0.4) is 0 Å². The fourth-order valence-corrected chi connectivity index (χ4v) is 3.32. The number of hydrogen-bond acceptors (Lipinski definition) is 5. The summed E-state index contributed by atoms with van der Waals surface area (Å²) >= 11 is 0. The lowest BCUT2D eigenvalue weighted by Gasteiger charge is -2.12. The first-order valence-corrected chi connectivity index (χ1v) is 9.15. The van der Waals surface area contributed by atoms with Crippen molar-refractivity contribution in [3.63, 3.8) is 0 Å². The summed E-state index contributed by atoms with van der Waals surface area (Å²) in [6.45, 7) is 1.51. The molecule has 9 heteroatoms. The number of aryl methyl sites for hydroxylation is 1. The number of rotatable bonds is 5. The summed E-state index contributed by atoms with van der Waals surface area (Å²) in [5, 5.41) is 6.59. The maximum absolute atomic E-state index is 14.4. The van der Waals surface area contributed by atoms with Crippen LogP contribution < -0.4 is 11.3 Å². The summed E-state index contributed by atoms with van der Waals surface area (Å²) in [6.07, 6.45) is 3.76. The Hall–Kier alpha value is -3.88. The first-order valence-electron chi connectivity index (χ1n) is 9.15. The molecule has 3 aromatic heterocycles. The van der Waals surface area contributed by atoms with Gasteiger partial charge in [0.25, 0.3) is 5.56 Å². The maximum atomic E-state index is 14.4. The van der Waals surface area contributed by atoms with Gasteiger partial charge in [-0.25, -0.2) is 8.78 Å². The standard InChI is InChI=1S/C21H17F2N5O2/c1-11(29)5-6-12-7-8-25-16(9-12)13-10-28(19-14(22)3-2-4-15(19)23)21(30)17-18(13)26-27-20(17)24/h2-4,7-10H,5-6H2,1H3,(H3,24,26,27). The van der Waals surface area contributed by atoms with Crippen LogP contribution in [0.25, 0.3) is 27.8 Å². The number of hydrogen-bond donors (Lipinski definition) is 2. The minimum atomic E-state index is -0.896. The molecule has 0 spiro atoms. The van der Waals surface area contributed by atoms with E-state index in [2.05, 4.69) is 15.2 Å². The van der Waals surface area contributed by atoms with Gasteiger partial charge in [-0.1, -0.05) is 6.07 Å². The number of aromatic amines is 1. The highest BCUT2D eigenvalue weighted by atomic mass is 19.1. The van der Waals surface area contributed by atoms with Crippen LogP contribution in [0.1, 0.15) is 18.9 Å². The van der Waals surface area contributed by atoms with Crippen LogP contribution in [0.15, 0.2) is 47.5 Å². The molecule has 0 aliphatic heterocycles. The molecule has 3 N–H and O–H groups in total. The minimum Gasteiger partial charge on any atom is -0.382 e. The van der Waals surface area contributed by atoms with E-state index >= 15 is 0 Å². The summed E-state index contributed by atoms with van der Waals surface area (Å²) in [5.74, 6) is -1.82. The molecule has 0 bridgehead atoms. The van der Waals surface area contributed by atoms with Crippen molar-refractivity contribution in [2.45, 2.75) is 19.8 Å². The van der Waals surface area contributed by atoms with Crippen molar-refractivity contribution in [2.24, 2.45) is 0 Å². The molecule has 0 fully saturated rings. The van der Waals surface area contributed by atoms with Gasteiger partial charge >= 0.3 is 0 Å². The van der Waals surface area contributed by atoms with Gasteiger partial charge in [-0.3, -0.25) is 19.4 Å². The molecule has 0 saturated carbocycles. The summed E-state index contributed by atoms with van der Waals surface area (Å²) in [7, 11) is 0. The molecule has 0 amide bonds. The monoisotopic (exact) mass is 409 g/mol. The lowest BCUT2D eigenvalue weighted by atomic mass is 10.0. The van der Waals surface area contributed by atoms with Gasteiger partial charge in [0.15, 0.2) is 5.82 Å². The zero-order valence-electron chi connectivity index (χ0n) is 15.9. The average Bonchev–Trinajstić information content (AvgIpc) is 3.10. The van der Waals surface area contributed by atoms with Crippen LogP contribution in [0.5, 0.6) is 0 Å². The van der Waals surface area contributed by atoms with Crippen LogP contribution >= 0.6 is 0 Å². The van der Waals surface area contributed by atoms with Crippen molar-refractivity contribution in [3.8, 4) is 16.9 Å². The Labute approximate surface area is 169 Å². The number of nitrogen functional groups attached to an aromatic ring is 1. The molecule has 4 rings (SSSR count). The number of Topliss-reactive ketones (excluding diaryl/α,β-unsaturated/α-hetero) is 1. The molecule has 0 atom stereocenters. The molecular weight excluding hydrogens is 392 g/mol. The predicted octanol–water partition coefficient (Wildman–Crippen LogP) is 3.16. The summed E-state index contributed by atoms with van der Waals surface area (Å²) in [4.78, 5) is 28.6. The van der Waals surface area contributed by atoms with E-state index in [1.807, 2.05) is 0 Å². The van der Waals surface area contributed by atoms with Gasteiger partial charge in [0, 0.05) is 24.4 Å². The number of carbonyl (C=O) groups excluding carboxylic acids is 1. The fourth-order valence-electron chi connectivity index (χ4n) is 3.32. The van der Waals surface area contributed by atoms with Crippen molar-refractivity contribution in [3.05, 3.63) is 70.3 Å². The van der Waals surface area contributed by atoms with E-state index in [-0.39, 0.29) is 17.0 Å². The fraction of sp³-hybridized carbons (Fsp3) is 0.143.